The second-order valence-electron chi connectivity index (χ2n) is 5.79. The third-order valence-electron chi connectivity index (χ3n) is 3.80. The van der Waals surface area contributed by atoms with Crippen molar-refractivity contribution in [1.82, 2.24) is 0 Å². The number of aryl methyl sites for hydroxylation is 1. The molecule has 2 rings (SSSR count). The standard InChI is InChI=1S/C19H24O/c1-5-15-7-9-16(10-8-15)17-11-13-18(14-12-17)20-19(3,4)6-2/h7-14H,5-6H2,1-4H3. The molecule has 0 saturated heterocycles. The van der Waals surface area contributed by atoms with Crippen LogP contribution in [0.15, 0.2) is 48.5 Å². The minimum atomic E-state index is -0.107. The molecule has 0 aromatic heterocycles. The SMILES string of the molecule is CCc1ccc(-c2ccc(OC(C)(C)CC)cc2)cc1. The Balaban J connectivity index is 2.15. The Hall–Kier alpha value is -1.76. The zero-order chi connectivity index (χ0) is 14.6. The predicted molar refractivity (Wildman–Crippen MR) is 86.3 cm³/mol. The fourth-order valence-electron chi connectivity index (χ4n) is 2.04. The summed E-state index contributed by atoms with van der Waals surface area (Å²) in [6.07, 6.45) is 2.08. The van der Waals surface area contributed by atoms with Crippen molar-refractivity contribution in [3.8, 4) is 16.9 Å². The molecule has 20 heavy (non-hydrogen) atoms. The Bertz CT molecular complexity index is 535. The molecular formula is C19H24O. The van der Waals surface area contributed by atoms with Crippen molar-refractivity contribution in [2.75, 3.05) is 0 Å². The molecule has 0 atom stereocenters. The van der Waals surface area contributed by atoms with E-state index in [9.17, 15) is 0 Å². The second-order valence-corrected chi connectivity index (χ2v) is 5.79. The molecule has 1 nitrogen and oxygen atoms in total. The molecular weight excluding hydrogens is 244 g/mol. The molecule has 0 aliphatic rings. The molecule has 0 aliphatic carbocycles. The van der Waals surface area contributed by atoms with Gasteiger partial charge in [-0.05, 0) is 55.5 Å². The van der Waals surface area contributed by atoms with Crippen LogP contribution in [0.3, 0.4) is 0 Å². The molecule has 0 spiro atoms. The van der Waals surface area contributed by atoms with Gasteiger partial charge in [-0.1, -0.05) is 50.2 Å². The highest BCUT2D eigenvalue weighted by Crippen LogP contribution is 2.25. The monoisotopic (exact) mass is 268 g/mol. The van der Waals surface area contributed by atoms with Crippen LogP contribution in [-0.4, -0.2) is 5.60 Å². The summed E-state index contributed by atoms with van der Waals surface area (Å²) in [5, 5.41) is 0. The molecule has 2 aromatic rings. The van der Waals surface area contributed by atoms with E-state index in [1.54, 1.807) is 0 Å². The zero-order valence-corrected chi connectivity index (χ0v) is 12.9. The van der Waals surface area contributed by atoms with E-state index in [1.807, 2.05) is 0 Å². The lowest BCUT2D eigenvalue weighted by molar-refractivity contribution is 0.105. The normalized spacial score (nSPS) is 11.4. The summed E-state index contributed by atoms with van der Waals surface area (Å²) in [5.74, 6) is 0.936. The van der Waals surface area contributed by atoms with Gasteiger partial charge in [-0.15, -0.1) is 0 Å². The molecule has 0 amide bonds. The summed E-state index contributed by atoms with van der Waals surface area (Å²) >= 11 is 0. The van der Waals surface area contributed by atoms with Crippen LogP contribution in [-0.2, 0) is 6.42 Å². The summed E-state index contributed by atoms with van der Waals surface area (Å²) in [6, 6.07) is 17.1. The molecule has 106 valence electrons. The molecule has 1 heteroatoms. The first kappa shape index (κ1) is 14.6. The summed E-state index contributed by atoms with van der Waals surface area (Å²) in [4.78, 5) is 0. The minimum absolute atomic E-state index is 0.107. The average molecular weight is 268 g/mol. The lowest BCUT2D eigenvalue weighted by Gasteiger charge is -2.24. The Morgan fingerprint density at radius 1 is 0.800 bits per heavy atom. The van der Waals surface area contributed by atoms with Gasteiger partial charge < -0.3 is 4.74 Å². The Morgan fingerprint density at radius 3 is 1.75 bits per heavy atom. The van der Waals surface area contributed by atoms with Gasteiger partial charge >= 0.3 is 0 Å². The maximum atomic E-state index is 5.98. The summed E-state index contributed by atoms with van der Waals surface area (Å²) in [6.45, 7) is 8.55. The van der Waals surface area contributed by atoms with Crippen molar-refractivity contribution in [1.29, 1.82) is 0 Å². The highest BCUT2D eigenvalue weighted by Gasteiger charge is 2.16. The number of hydrogen-bond donors (Lipinski definition) is 0. The van der Waals surface area contributed by atoms with E-state index < -0.39 is 0 Å². The Kier molecular flexibility index (Phi) is 4.49. The van der Waals surface area contributed by atoms with E-state index in [0.717, 1.165) is 18.6 Å². The lowest BCUT2D eigenvalue weighted by Crippen LogP contribution is -2.26. The molecule has 0 unspecified atom stereocenters. The number of hydrogen-bond acceptors (Lipinski definition) is 1. The van der Waals surface area contributed by atoms with Gasteiger partial charge in [-0.3, -0.25) is 0 Å². The van der Waals surface area contributed by atoms with Gasteiger partial charge in [0.1, 0.15) is 11.4 Å². The highest BCUT2D eigenvalue weighted by atomic mass is 16.5. The van der Waals surface area contributed by atoms with Gasteiger partial charge in [0.2, 0.25) is 0 Å². The Labute approximate surface area is 122 Å². The van der Waals surface area contributed by atoms with Crippen molar-refractivity contribution >= 4 is 0 Å². The van der Waals surface area contributed by atoms with Crippen molar-refractivity contribution < 1.29 is 4.74 Å². The van der Waals surface area contributed by atoms with E-state index >= 15 is 0 Å². The first-order valence-corrected chi connectivity index (χ1v) is 7.42. The van der Waals surface area contributed by atoms with Crippen LogP contribution in [0.2, 0.25) is 0 Å². The first-order chi connectivity index (χ1) is 9.54. The van der Waals surface area contributed by atoms with Crippen LogP contribution in [0.4, 0.5) is 0 Å². The van der Waals surface area contributed by atoms with Crippen LogP contribution in [0.25, 0.3) is 11.1 Å². The first-order valence-electron chi connectivity index (χ1n) is 7.42. The second kappa shape index (κ2) is 6.13. The van der Waals surface area contributed by atoms with Crippen LogP contribution in [0.5, 0.6) is 5.75 Å². The number of ether oxygens (including phenoxy) is 1. The lowest BCUT2D eigenvalue weighted by atomic mass is 10.0. The van der Waals surface area contributed by atoms with Crippen molar-refractivity contribution in [3.05, 3.63) is 54.1 Å². The van der Waals surface area contributed by atoms with Crippen molar-refractivity contribution in [2.45, 2.75) is 46.1 Å². The third-order valence-corrected chi connectivity index (χ3v) is 3.80. The smallest absolute Gasteiger partial charge is 0.120 e. The number of benzene rings is 2. The zero-order valence-electron chi connectivity index (χ0n) is 12.9. The van der Waals surface area contributed by atoms with E-state index in [0.29, 0.717) is 0 Å². The van der Waals surface area contributed by atoms with Gasteiger partial charge in [-0.2, -0.15) is 0 Å². The molecule has 0 bridgehead atoms. The maximum absolute atomic E-state index is 5.98. The largest absolute Gasteiger partial charge is 0.488 e. The van der Waals surface area contributed by atoms with Gasteiger partial charge in [-0.25, -0.2) is 0 Å². The third kappa shape index (κ3) is 3.63. The fourth-order valence-corrected chi connectivity index (χ4v) is 2.04. The molecule has 2 aromatic carbocycles. The van der Waals surface area contributed by atoms with Gasteiger partial charge in [0.25, 0.3) is 0 Å². The van der Waals surface area contributed by atoms with E-state index in [2.05, 4.69) is 76.2 Å². The van der Waals surface area contributed by atoms with E-state index in [1.165, 1.54) is 16.7 Å². The van der Waals surface area contributed by atoms with E-state index in [-0.39, 0.29) is 5.60 Å². The summed E-state index contributed by atoms with van der Waals surface area (Å²) in [5.41, 5.74) is 3.75. The maximum Gasteiger partial charge on any atom is 0.120 e. The van der Waals surface area contributed by atoms with Gasteiger partial charge in [0.05, 0.1) is 0 Å². The summed E-state index contributed by atoms with van der Waals surface area (Å²) < 4.78 is 5.98. The topological polar surface area (TPSA) is 9.23 Å². The molecule has 0 N–H and O–H groups in total. The average Bonchev–Trinajstić information content (AvgIpc) is 2.48. The van der Waals surface area contributed by atoms with E-state index in [4.69, 9.17) is 4.74 Å². The molecule has 0 radical (unpaired) electrons. The molecule has 0 saturated carbocycles. The van der Waals surface area contributed by atoms with Crippen LogP contribution in [0, 0.1) is 0 Å². The Morgan fingerprint density at radius 2 is 1.30 bits per heavy atom. The van der Waals surface area contributed by atoms with Crippen LogP contribution < -0.4 is 4.74 Å². The van der Waals surface area contributed by atoms with Crippen LogP contribution >= 0.6 is 0 Å². The quantitative estimate of drug-likeness (QED) is 0.697. The highest BCUT2D eigenvalue weighted by molar-refractivity contribution is 5.64. The molecule has 0 aliphatic heterocycles. The molecule has 0 fully saturated rings. The van der Waals surface area contributed by atoms with Gasteiger partial charge in [0.15, 0.2) is 0 Å². The summed E-state index contributed by atoms with van der Waals surface area (Å²) in [7, 11) is 0. The fraction of sp³-hybridized carbons (Fsp3) is 0.368. The van der Waals surface area contributed by atoms with Crippen LogP contribution in [0.1, 0.15) is 39.7 Å². The minimum Gasteiger partial charge on any atom is -0.488 e. The number of rotatable bonds is 5. The molecule has 0 heterocycles. The van der Waals surface area contributed by atoms with Crippen molar-refractivity contribution in [3.63, 3.8) is 0 Å². The predicted octanol–water partition coefficient (Wildman–Crippen LogP) is 5.48. The van der Waals surface area contributed by atoms with Gasteiger partial charge in [0, 0.05) is 0 Å². The van der Waals surface area contributed by atoms with Crippen molar-refractivity contribution in [2.24, 2.45) is 0 Å².